The number of nitrogens with one attached hydrogen (secondary N) is 1. The summed E-state index contributed by atoms with van der Waals surface area (Å²) in [5, 5.41) is 1.65. The maximum atomic E-state index is 11.9. The number of carbonyl (C=O) groups excluding carboxylic acids is 1. The van der Waals surface area contributed by atoms with Crippen LogP contribution in [0.25, 0.3) is 0 Å². The zero-order chi connectivity index (χ0) is 13.7. The molecule has 0 saturated carbocycles. The fourth-order valence-electron chi connectivity index (χ4n) is 1.79. The molecular formula is C12H16NO2PS3. The van der Waals surface area contributed by atoms with Crippen molar-refractivity contribution in [1.82, 2.24) is 5.09 Å². The van der Waals surface area contributed by atoms with Crippen LogP contribution in [0.1, 0.15) is 5.56 Å². The lowest BCUT2D eigenvalue weighted by molar-refractivity contribution is -0.142. The largest absolute Gasteiger partial charge is 0.513 e. The predicted octanol–water partition coefficient (Wildman–Crippen LogP) is 3.06. The molecule has 1 aliphatic rings. The average molecular weight is 333 g/mol. The fourth-order valence-corrected chi connectivity index (χ4v) is 11.6. The highest BCUT2D eigenvalue weighted by Crippen LogP contribution is 2.78. The summed E-state index contributed by atoms with van der Waals surface area (Å²) in [5.41, 5.74) is 1.11. The summed E-state index contributed by atoms with van der Waals surface area (Å²) in [4.78, 5) is 11.9. The monoisotopic (exact) mass is 333 g/mol. The molecule has 1 atom stereocenters. The van der Waals surface area contributed by atoms with Gasteiger partial charge in [-0.05, 0) is 5.56 Å². The van der Waals surface area contributed by atoms with Crippen LogP contribution in [-0.2, 0) is 28.2 Å². The Morgan fingerprint density at radius 2 is 2.05 bits per heavy atom. The number of methoxy groups -OCH3 is 1. The van der Waals surface area contributed by atoms with Crippen molar-refractivity contribution in [3.8, 4) is 0 Å². The van der Waals surface area contributed by atoms with Gasteiger partial charge in [-0.1, -0.05) is 30.3 Å². The quantitative estimate of drug-likeness (QED) is 0.507. The van der Waals surface area contributed by atoms with E-state index in [4.69, 9.17) is 17.0 Å². The first-order valence-corrected chi connectivity index (χ1v) is 11.9. The molecule has 0 aromatic heterocycles. The standard InChI is InChI=1S/C12H16NO2PS3/c1-15-12(14)11(9-10-5-3-2-4-6-10)13-16(17)18-7-8-19-16/h2-6,11H,7-9H2,1H3,(H,13,17)/t11-/m0/s1. The molecule has 0 unspecified atom stereocenters. The smallest absolute Gasteiger partial charge is 0.326 e. The molecule has 104 valence electrons. The molecule has 1 heterocycles. The van der Waals surface area contributed by atoms with Gasteiger partial charge in [0, 0.05) is 40.7 Å². The molecule has 19 heavy (non-hydrogen) atoms. The number of esters is 1. The summed E-state index contributed by atoms with van der Waals surface area (Å²) in [5.74, 6) is 1.89. The van der Waals surface area contributed by atoms with Crippen molar-refractivity contribution in [2.75, 3.05) is 18.6 Å². The maximum absolute atomic E-state index is 11.9. The van der Waals surface area contributed by atoms with Gasteiger partial charge in [0.1, 0.15) is 6.04 Å². The van der Waals surface area contributed by atoms with Crippen molar-refractivity contribution in [2.45, 2.75) is 12.5 Å². The third-order valence-electron chi connectivity index (χ3n) is 2.69. The van der Waals surface area contributed by atoms with E-state index in [1.807, 2.05) is 30.3 Å². The molecule has 1 aliphatic heterocycles. The van der Waals surface area contributed by atoms with Crippen molar-refractivity contribution < 1.29 is 9.53 Å². The minimum atomic E-state index is -1.71. The Balaban J connectivity index is 2.06. The summed E-state index contributed by atoms with van der Waals surface area (Å²) < 4.78 is 4.89. The molecule has 1 aromatic carbocycles. The zero-order valence-electron chi connectivity index (χ0n) is 10.6. The second-order valence-electron chi connectivity index (χ2n) is 4.06. The van der Waals surface area contributed by atoms with Gasteiger partial charge >= 0.3 is 5.97 Å². The van der Waals surface area contributed by atoms with Crippen LogP contribution in [-0.4, -0.2) is 30.6 Å². The lowest BCUT2D eigenvalue weighted by Gasteiger charge is -2.28. The van der Waals surface area contributed by atoms with Gasteiger partial charge in [0.25, 0.3) is 0 Å². The van der Waals surface area contributed by atoms with E-state index >= 15 is 0 Å². The zero-order valence-corrected chi connectivity index (χ0v) is 13.9. The van der Waals surface area contributed by atoms with Crippen LogP contribution in [0, 0.1) is 0 Å². The highest BCUT2D eigenvalue weighted by Gasteiger charge is 2.37. The summed E-state index contributed by atoms with van der Waals surface area (Å²) in [7, 11) is 1.42. The van der Waals surface area contributed by atoms with Crippen molar-refractivity contribution in [2.24, 2.45) is 0 Å². The highest BCUT2D eigenvalue weighted by atomic mass is 33.4. The Hall–Kier alpha value is 0.130. The molecule has 0 amide bonds. The van der Waals surface area contributed by atoms with E-state index in [2.05, 4.69) is 5.09 Å². The van der Waals surface area contributed by atoms with Crippen LogP contribution in [0.5, 0.6) is 0 Å². The lowest BCUT2D eigenvalue weighted by atomic mass is 10.1. The number of ether oxygens (including phenoxy) is 1. The van der Waals surface area contributed by atoms with E-state index in [-0.39, 0.29) is 12.0 Å². The Labute approximate surface area is 127 Å². The van der Waals surface area contributed by atoms with Crippen molar-refractivity contribution in [1.29, 1.82) is 0 Å². The topological polar surface area (TPSA) is 38.3 Å². The Morgan fingerprint density at radius 1 is 1.42 bits per heavy atom. The average Bonchev–Trinajstić information content (AvgIpc) is 2.85. The molecule has 3 nitrogen and oxygen atoms in total. The van der Waals surface area contributed by atoms with E-state index in [9.17, 15) is 4.79 Å². The van der Waals surface area contributed by atoms with Crippen LogP contribution in [0.15, 0.2) is 30.3 Å². The van der Waals surface area contributed by atoms with Crippen LogP contribution >= 0.6 is 27.8 Å². The third-order valence-corrected chi connectivity index (χ3v) is 12.9. The van der Waals surface area contributed by atoms with Crippen LogP contribution < -0.4 is 5.09 Å². The first kappa shape index (κ1) is 15.5. The van der Waals surface area contributed by atoms with Gasteiger partial charge in [-0.15, -0.1) is 0 Å². The molecular weight excluding hydrogens is 317 g/mol. The van der Waals surface area contributed by atoms with E-state index in [1.54, 1.807) is 22.8 Å². The summed E-state index contributed by atoms with van der Waals surface area (Å²) in [6.45, 7) is 0. The first-order chi connectivity index (χ1) is 9.13. The molecule has 1 fully saturated rings. The number of carbonyl (C=O) groups is 1. The molecule has 0 bridgehead atoms. The van der Waals surface area contributed by atoms with Gasteiger partial charge in [0.2, 0.25) is 0 Å². The summed E-state index contributed by atoms with van der Waals surface area (Å²) in [6, 6.07) is 9.59. The van der Waals surface area contributed by atoms with Gasteiger partial charge in [-0.2, -0.15) is 5.09 Å². The fraction of sp³-hybridized carbons (Fsp3) is 0.417. The van der Waals surface area contributed by atoms with Crippen molar-refractivity contribution >= 4 is 46.0 Å². The maximum Gasteiger partial charge on any atom is 0.326 e. The SMILES string of the molecule is COC(=O)[C@H](Cc1ccccc1)N[P+]1([S-])SCCS1. The molecule has 7 heteroatoms. The minimum Gasteiger partial charge on any atom is -0.513 e. The second kappa shape index (κ2) is 7.23. The number of hydrogen-bond acceptors (Lipinski definition) is 6. The lowest BCUT2D eigenvalue weighted by Crippen LogP contribution is -2.37. The molecule has 1 saturated heterocycles. The number of benzene rings is 1. The van der Waals surface area contributed by atoms with E-state index in [0.717, 1.165) is 17.1 Å². The molecule has 1 N–H and O–H groups in total. The van der Waals surface area contributed by atoms with Gasteiger partial charge in [0.05, 0.1) is 12.1 Å². The normalized spacial score (nSPS) is 19.1. The minimum absolute atomic E-state index is 0.235. The molecule has 0 radical (unpaired) electrons. The van der Waals surface area contributed by atoms with E-state index in [0.29, 0.717) is 6.42 Å². The molecule has 2 rings (SSSR count). The number of hydrogen-bond donors (Lipinski definition) is 1. The van der Waals surface area contributed by atoms with Gasteiger partial charge < -0.3 is 17.0 Å². The van der Waals surface area contributed by atoms with Crippen LogP contribution in [0.3, 0.4) is 0 Å². The predicted molar refractivity (Wildman–Crippen MR) is 88.3 cm³/mol. The Morgan fingerprint density at radius 3 is 2.63 bits per heavy atom. The van der Waals surface area contributed by atoms with Crippen LogP contribution in [0.2, 0.25) is 0 Å². The van der Waals surface area contributed by atoms with Gasteiger partial charge in [-0.25, -0.2) is 0 Å². The molecule has 1 aromatic rings. The van der Waals surface area contributed by atoms with E-state index in [1.165, 1.54) is 7.11 Å². The molecule has 0 aliphatic carbocycles. The first-order valence-electron chi connectivity index (χ1n) is 5.92. The number of rotatable bonds is 5. The molecule has 0 spiro atoms. The van der Waals surface area contributed by atoms with Crippen molar-refractivity contribution in [3.05, 3.63) is 35.9 Å². The second-order valence-corrected chi connectivity index (χ2v) is 15.2. The van der Waals surface area contributed by atoms with Gasteiger partial charge in [0.15, 0.2) is 0 Å². The Bertz CT molecular complexity index is 426. The Kier molecular flexibility index (Phi) is 5.90. The van der Waals surface area contributed by atoms with Gasteiger partial charge in [-0.3, -0.25) is 4.79 Å². The highest BCUT2D eigenvalue weighted by molar-refractivity contribution is 9.12. The summed E-state index contributed by atoms with van der Waals surface area (Å²) in [6.07, 6.45) is 0.618. The van der Waals surface area contributed by atoms with E-state index < -0.39 is 5.02 Å². The van der Waals surface area contributed by atoms with Crippen molar-refractivity contribution in [3.63, 3.8) is 0 Å². The summed E-state index contributed by atoms with van der Waals surface area (Å²) >= 11 is 9.21. The third kappa shape index (κ3) is 4.57. The van der Waals surface area contributed by atoms with Crippen LogP contribution in [0.4, 0.5) is 0 Å².